The summed E-state index contributed by atoms with van der Waals surface area (Å²) >= 11 is 0. The fourth-order valence-electron chi connectivity index (χ4n) is 9.07. The van der Waals surface area contributed by atoms with Gasteiger partial charge in [-0.1, -0.05) is 180 Å². The molecule has 10 aromatic rings. The zero-order valence-electron chi connectivity index (χ0n) is 47.3. The number of anilines is 6. The van der Waals surface area contributed by atoms with Crippen molar-refractivity contribution in [1.29, 1.82) is 0 Å². The van der Waals surface area contributed by atoms with E-state index in [1.807, 2.05) is 12.1 Å². The van der Waals surface area contributed by atoms with Crippen molar-refractivity contribution in [3.63, 3.8) is 0 Å². The Labute approximate surface area is 352 Å². The fraction of sp³-hybridized carbons (Fsp3) is 0. The second-order valence-electron chi connectivity index (χ2n) is 13.8. The molecule has 12 rings (SSSR count). The summed E-state index contributed by atoms with van der Waals surface area (Å²) in [4.78, 5) is 3.42. The smallest absolute Gasteiger partial charge is 0.247 e. The quantitative estimate of drug-likeness (QED) is 0.132. The molecule has 0 amide bonds. The van der Waals surface area contributed by atoms with Gasteiger partial charge >= 0.3 is 0 Å². The first kappa shape index (κ1) is 18.5. The molecule has 10 aromatic carbocycles. The zero-order valence-corrected chi connectivity index (χ0v) is 29.3. The lowest BCUT2D eigenvalue weighted by Gasteiger charge is -2.41. The average Bonchev–Trinajstić information content (AvgIpc) is 3.49. The summed E-state index contributed by atoms with van der Waals surface area (Å²) in [5.41, 5.74) is 1.66. The van der Waals surface area contributed by atoms with Crippen LogP contribution in [0.5, 0.6) is 0 Å². The summed E-state index contributed by atoms with van der Waals surface area (Å²) in [7, 11) is 0. The van der Waals surface area contributed by atoms with Crippen LogP contribution in [0.1, 0.15) is 24.7 Å². The molecule has 0 bridgehead atoms. The first-order valence-electron chi connectivity index (χ1n) is 27.1. The van der Waals surface area contributed by atoms with Crippen molar-refractivity contribution in [2.24, 2.45) is 0 Å². The molecular weight excluding hydrogens is 674 g/mol. The highest BCUT2D eigenvalue weighted by Crippen LogP contribution is 2.49. The molecule has 0 atom stereocenters. The van der Waals surface area contributed by atoms with Crippen LogP contribution < -0.4 is 42.6 Å². The van der Waals surface area contributed by atoms with Crippen LogP contribution in [0.4, 0.5) is 34.1 Å². The Morgan fingerprint density at radius 2 is 0.732 bits per heavy atom. The molecule has 0 unspecified atom stereocenters. The number of fused-ring (bicyclic) bond motifs is 8. The molecule has 56 heavy (non-hydrogen) atoms. The van der Waals surface area contributed by atoms with Gasteiger partial charge in [0.25, 0.3) is 0 Å². The van der Waals surface area contributed by atoms with E-state index < -0.39 is 122 Å². The molecule has 2 aliphatic heterocycles. The number of benzene rings is 10. The van der Waals surface area contributed by atoms with E-state index in [-0.39, 0.29) is 33.2 Å². The monoisotopic (exact) mass is 726 g/mol. The Bertz CT molecular complexity index is 3840. The van der Waals surface area contributed by atoms with Crippen LogP contribution in [-0.2, 0) is 0 Å². The Morgan fingerprint density at radius 3 is 1.16 bits per heavy atom. The van der Waals surface area contributed by atoms with Crippen molar-refractivity contribution < 1.29 is 24.7 Å². The molecule has 0 saturated heterocycles. The van der Waals surface area contributed by atoms with Crippen molar-refractivity contribution in [2.75, 3.05) is 9.80 Å². The third-order valence-corrected chi connectivity index (χ3v) is 11.1. The topological polar surface area (TPSA) is 6.48 Å². The van der Waals surface area contributed by atoms with E-state index in [0.29, 0.717) is 66.0 Å². The highest BCUT2D eigenvalue weighted by atomic mass is 15.2. The van der Waals surface area contributed by atoms with Gasteiger partial charge in [0.15, 0.2) is 0 Å². The van der Waals surface area contributed by atoms with E-state index in [9.17, 15) is 11.0 Å². The van der Waals surface area contributed by atoms with E-state index in [1.54, 1.807) is 94.7 Å². The summed E-state index contributed by atoms with van der Waals surface area (Å²) < 4.78 is 166. The minimum atomic E-state index is -1.45. The number of nitrogens with zero attached hydrogens (tertiary/aromatic N) is 2. The van der Waals surface area contributed by atoms with Gasteiger partial charge in [0.1, 0.15) is 0 Å². The minimum Gasteiger partial charge on any atom is -0.311 e. The summed E-state index contributed by atoms with van der Waals surface area (Å²) in [6.07, 6.45) is 0. The number of hydrogen-bond donors (Lipinski definition) is 0. The van der Waals surface area contributed by atoms with Gasteiger partial charge < -0.3 is 9.80 Å². The molecule has 0 saturated carbocycles. The van der Waals surface area contributed by atoms with Crippen LogP contribution in [0.3, 0.4) is 0 Å². The lowest BCUT2D eigenvalue weighted by molar-refractivity contribution is 1.31. The third kappa shape index (κ3) is 4.35. The van der Waals surface area contributed by atoms with E-state index in [1.165, 1.54) is 0 Å². The van der Waals surface area contributed by atoms with Crippen LogP contribution in [0.2, 0.25) is 0 Å². The highest BCUT2D eigenvalue weighted by molar-refractivity contribution is 7.01. The number of para-hydroxylation sites is 4. The van der Waals surface area contributed by atoms with Crippen LogP contribution in [0.25, 0.3) is 32.3 Å². The Balaban J connectivity index is 1.38. The third-order valence-electron chi connectivity index (χ3n) is 11.1. The average molecular weight is 727 g/mol. The van der Waals surface area contributed by atoms with Crippen molar-refractivity contribution in [2.45, 2.75) is 0 Å². The Morgan fingerprint density at radius 1 is 0.357 bits per heavy atom. The molecule has 0 spiro atoms. The molecule has 0 aliphatic carbocycles. The second kappa shape index (κ2) is 12.2. The van der Waals surface area contributed by atoms with E-state index >= 15 is 0 Å². The normalized spacial score (nSPS) is 17.7. The predicted octanol–water partition coefficient (Wildman–Crippen LogP) is 9.18. The zero-order chi connectivity index (χ0) is 52.4. The van der Waals surface area contributed by atoms with Crippen molar-refractivity contribution in [3.05, 3.63) is 206 Å². The largest absolute Gasteiger partial charge is 0.311 e. The molecule has 2 nitrogen and oxygen atoms in total. The second-order valence-corrected chi connectivity index (χ2v) is 13.8. The van der Waals surface area contributed by atoms with Crippen molar-refractivity contribution in [1.82, 2.24) is 0 Å². The van der Waals surface area contributed by atoms with Crippen LogP contribution in [-0.4, -0.2) is 13.4 Å². The lowest BCUT2D eigenvalue weighted by atomic mass is 9.33. The highest BCUT2D eigenvalue weighted by Gasteiger charge is 2.42. The maximum Gasteiger partial charge on any atom is 0.247 e. The van der Waals surface area contributed by atoms with Crippen molar-refractivity contribution >= 4 is 113 Å². The Hall–Kier alpha value is -7.03. The van der Waals surface area contributed by atoms with E-state index in [2.05, 4.69) is 0 Å². The van der Waals surface area contributed by atoms with Gasteiger partial charge in [-0.25, -0.2) is 0 Å². The maximum absolute atomic E-state index is 9.68. The first-order chi connectivity index (χ1) is 35.3. The number of rotatable bonds is 4. The molecule has 0 aromatic heterocycles. The van der Waals surface area contributed by atoms with Gasteiger partial charge in [-0.05, 0) is 79.7 Å². The van der Waals surface area contributed by atoms with Gasteiger partial charge in [-0.2, -0.15) is 0 Å². The van der Waals surface area contributed by atoms with Crippen LogP contribution in [0, 0.1) is 0 Å². The summed E-state index contributed by atoms with van der Waals surface area (Å²) in [5, 5.41) is 2.83. The minimum absolute atomic E-state index is 0.0273. The molecule has 2 heterocycles. The molecule has 0 N–H and O–H groups in total. The summed E-state index contributed by atoms with van der Waals surface area (Å²) in [5.74, 6) is 0. The Kier molecular flexibility index (Phi) is 4.05. The maximum atomic E-state index is 9.68. The molecular formula is C52H34B2N2. The van der Waals surface area contributed by atoms with E-state index in [4.69, 9.17) is 13.7 Å². The number of hydrogen-bond acceptors (Lipinski definition) is 2. The lowest BCUT2D eigenvalue weighted by Crippen LogP contribution is -2.58. The first-order valence-corrected chi connectivity index (χ1v) is 18.1. The van der Waals surface area contributed by atoms with Gasteiger partial charge in [0.05, 0.1) is 24.7 Å². The van der Waals surface area contributed by atoms with Gasteiger partial charge in [-0.15, -0.1) is 0 Å². The van der Waals surface area contributed by atoms with Gasteiger partial charge in [-0.3, -0.25) is 0 Å². The van der Waals surface area contributed by atoms with Crippen LogP contribution in [0.15, 0.2) is 206 Å². The fourth-order valence-corrected chi connectivity index (χ4v) is 9.07. The molecule has 258 valence electrons. The standard InChI is InChI=1S/C52H34B2N2/c1-5-19-35(20-6-1)53-43-31-13-15-33-45(43)55(37-23-9-3-10-24-37)51-41-29-18-28-40-48(41)47-39(49(51)53)27-17-30-42(47)52-50(40)54(36-21-7-2-8-22-36)44-32-14-16-34-46(44)56(52)38-25-11-4-12-26-38/h1-34H/i1D,2D,5D,6D,7D,8D,13D,14D,15D,16D,19D,20D,21D,22D,31D,32D,33D,34D. The van der Waals surface area contributed by atoms with E-state index in [0.717, 1.165) is 0 Å². The predicted molar refractivity (Wildman–Crippen MR) is 242 cm³/mol. The SMILES string of the molecule is [2H]c1c([2H])c([2H])c(B2c3c([2H])c([2H])c([2H])c([2H])c3N(c3ccccc3)c3c2c2cccc4c5c(c6cccc3c6c24)B(c2c([2H])c([2H])c([2H])c([2H])c2[2H])c2c([2H])c([2H])c([2H])c([2H])c2N5c2ccccc2)c([2H])c1[2H]. The molecule has 0 radical (unpaired) electrons. The summed E-state index contributed by atoms with van der Waals surface area (Å²) in [6.45, 7) is -2.89. The van der Waals surface area contributed by atoms with Crippen molar-refractivity contribution in [3.8, 4) is 0 Å². The molecule has 0 fully saturated rings. The van der Waals surface area contributed by atoms with Gasteiger partial charge in [0, 0.05) is 44.9 Å². The molecule has 4 heteroatoms. The van der Waals surface area contributed by atoms with Crippen LogP contribution >= 0.6 is 0 Å². The van der Waals surface area contributed by atoms with Gasteiger partial charge in [0.2, 0.25) is 13.4 Å². The molecule has 2 aliphatic rings. The summed E-state index contributed by atoms with van der Waals surface area (Å²) in [6, 6.07) is 17.9.